The summed E-state index contributed by atoms with van der Waals surface area (Å²) in [4.78, 5) is 36.5. The van der Waals surface area contributed by atoms with Crippen molar-refractivity contribution in [2.75, 3.05) is 23.0 Å². The largest absolute Gasteiger partial charge is 0.351 e. The van der Waals surface area contributed by atoms with Crippen molar-refractivity contribution in [1.29, 1.82) is 0 Å². The average Bonchev–Trinajstić information content (AvgIpc) is 2.83. The quantitative estimate of drug-likeness (QED) is 0.780. The molecule has 1 aliphatic heterocycles. The first-order valence-corrected chi connectivity index (χ1v) is 9.39. The van der Waals surface area contributed by atoms with Gasteiger partial charge >= 0.3 is 0 Å². The van der Waals surface area contributed by atoms with Crippen LogP contribution in [0.3, 0.4) is 0 Å². The van der Waals surface area contributed by atoms with Gasteiger partial charge in [0.15, 0.2) is 15.6 Å². The van der Waals surface area contributed by atoms with Crippen LogP contribution in [0.15, 0.2) is 24.3 Å². The van der Waals surface area contributed by atoms with E-state index < -0.39 is 21.8 Å². The number of nitrogens with zero attached hydrogens (tertiary/aromatic N) is 1. The van der Waals surface area contributed by atoms with Crippen LogP contribution >= 0.6 is 0 Å². The summed E-state index contributed by atoms with van der Waals surface area (Å²) in [5.74, 6) is -0.814. The molecule has 0 spiro atoms. The molecule has 8 heteroatoms. The molecular formula is C16H20N2O5S. The fourth-order valence-electron chi connectivity index (χ4n) is 2.59. The third kappa shape index (κ3) is 4.64. The molecule has 130 valence electrons. The Bertz CT molecular complexity index is 755. The summed E-state index contributed by atoms with van der Waals surface area (Å²) in [6.07, 6.45) is 0.390. The minimum atomic E-state index is -3.08. The molecule has 1 saturated heterocycles. The van der Waals surface area contributed by atoms with Gasteiger partial charge in [-0.25, -0.2) is 8.42 Å². The van der Waals surface area contributed by atoms with Gasteiger partial charge in [-0.15, -0.1) is 0 Å². The summed E-state index contributed by atoms with van der Waals surface area (Å²) in [6.45, 7) is 2.58. The van der Waals surface area contributed by atoms with E-state index in [4.69, 9.17) is 0 Å². The number of ketones is 1. The molecule has 0 radical (unpaired) electrons. The molecule has 1 aromatic rings. The molecule has 0 aromatic heterocycles. The number of carbonyl (C=O) groups excluding carboxylic acids is 3. The van der Waals surface area contributed by atoms with Gasteiger partial charge in [-0.05, 0) is 37.6 Å². The van der Waals surface area contributed by atoms with E-state index in [1.807, 2.05) is 0 Å². The SMILES string of the molecule is CC(=O)c1ccc(N(CC(=O)NC2CCS(=O)(=O)C2)C(C)=O)cc1. The van der Waals surface area contributed by atoms with Crippen molar-refractivity contribution in [3.05, 3.63) is 29.8 Å². The molecule has 7 nitrogen and oxygen atoms in total. The van der Waals surface area contributed by atoms with Crippen molar-refractivity contribution in [3.8, 4) is 0 Å². The summed E-state index contributed by atoms with van der Waals surface area (Å²) in [5.41, 5.74) is 1.02. The Morgan fingerprint density at radius 2 is 1.79 bits per heavy atom. The number of benzene rings is 1. The smallest absolute Gasteiger partial charge is 0.240 e. The topological polar surface area (TPSA) is 101 Å². The van der Waals surface area contributed by atoms with E-state index in [-0.39, 0.29) is 29.7 Å². The van der Waals surface area contributed by atoms with Gasteiger partial charge in [0.2, 0.25) is 11.8 Å². The standard InChI is InChI=1S/C16H20N2O5S/c1-11(19)13-3-5-15(6-4-13)18(12(2)20)9-16(21)17-14-7-8-24(22,23)10-14/h3-6,14H,7-10H2,1-2H3,(H,17,21). The second-order valence-electron chi connectivity index (χ2n) is 5.88. The van der Waals surface area contributed by atoms with Gasteiger partial charge in [-0.3, -0.25) is 14.4 Å². The van der Waals surface area contributed by atoms with Gasteiger partial charge in [0.05, 0.1) is 11.5 Å². The van der Waals surface area contributed by atoms with Gasteiger partial charge < -0.3 is 10.2 Å². The highest BCUT2D eigenvalue weighted by molar-refractivity contribution is 7.91. The first-order chi connectivity index (χ1) is 11.2. The van der Waals surface area contributed by atoms with Crippen LogP contribution in [0, 0.1) is 0 Å². The zero-order chi connectivity index (χ0) is 17.9. The lowest BCUT2D eigenvalue weighted by molar-refractivity contribution is -0.123. The summed E-state index contributed by atoms with van der Waals surface area (Å²) in [5, 5.41) is 2.65. The molecule has 0 saturated carbocycles. The average molecular weight is 352 g/mol. The lowest BCUT2D eigenvalue weighted by Crippen LogP contribution is -2.44. The first-order valence-electron chi connectivity index (χ1n) is 7.57. The Morgan fingerprint density at radius 3 is 2.25 bits per heavy atom. The molecule has 1 aliphatic rings. The van der Waals surface area contributed by atoms with E-state index in [1.165, 1.54) is 18.7 Å². The van der Waals surface area contributed by atoms with Crippen molar-refractivity contribution in [2.24, 2.45) is 0 Å². The van der Waals surface area contributed by atoms with Gasteiger partial charge in [-0.1, -0.05) is 0 Å². The number of carbonyl (C=O) groups is 3. The van der Waals surface area contributed by atoms with Gasteiger partial charge in [-0.2, -0.15) is 0 Å². The number of rotatable bonds is 5. The van der Waals surface area contributed by atoms with Gasteiger partial charge in [0.25, 0.3) is 0 Å². The monoisotopic (exact) mass is 352 g/mol. The van der Waals surface area contributed by atoms with Crippen LogP contribution in [0.2, 0.25) is 0 Å². The second kappa shape index (κ2) is 7.12. The van der Waals surface area contributed by atoms with Crippen LogP contribution < -0.4 is 10.2 Å². The summed E-state index contributed by atoms with van der Waals surface area (Å²) in [7, 11) is -3.08. The first kappa shape index (κ1) is 18.1. The van der Waals surface area contributed by atoms with E-state index in [9.17, 15) is 22.8 Å². The summed E-state index contributed by atoms with van der Waals surface area (Å²) < 4.78 is 22.8. The zero-order valence-corrected chi connectivity index (χ0v) is 14.4. The maximum absolute atomic E-state index is 12.1. The van der Waals surface area contributed by atoms with Crippen LogP contribution in [0.1, 0.15) is 30.6 Å². The highest BCUT2D eigenvalue weighted by atomic mass is 32.2. The third-order valence-corrected chi connectivity index (χ3v) is 5.63. The highest BCUT2D eigenvalue weighted by Gasteiger charge is 2.29. The molecule has 24 heavy (non-hydrogen) atoms. The maximum atomic E-state index is 12.1. The number of nitrogens with one attached hydrogen (secondary N) is 1. The maximum Gasteiger partial charge on any atom is 0.240 e. The molecule has 1 N–H and O–H groups in total. The third-order valence-electron chi connectivity index (χ3n) is 3.86. The summed E-state index contributed by atoms with van der Waals surface area (Å²) >= 11 is 0. The molecule has 1 fully saturated rings. The summed E-state index contributed by atoms with van der Waals surface area (Å²) in [6, 6.07) is 5.98. The molecule has 1 unspecified atom stereocenters. The van der Waals surface area contributed by atoms with Gasteiger partial charge in [0.1, 0.15) is 6.54 Å². The molecule has 2 amide bonds. The van der Waals surface area contributed by atoms with E-state index >= 15 is 0 Å². The van der Waals surface area contributed by atoms with Crippen LogP contribution in [-0.4, -0.2) is 50.1 Å². The van der Waals surface area contributed by atoms with Crippen molar-refractivity contribution in [2.45, 2.75) is 26.3 Å². The predicted octanol–water partition coefficient (Wildman–Crippen LogP) is 0.545. The predicted molar refractivity (Wildman–Crippen MR) is 89.7 cm³/mol. The number of amides is 2. The lowest BCUT2D eigenvalue weighted by Gasteiger charge is -2.22. The Morgan fingerprint density at radius 1 is 1.17 bits per heavy atom. The van der Waals surface area contributed by atoms with Crippen molar-refractivity contribution in [1.82, 2.24) is 5.32 Å². The van der Waals surface area contributed by atoms with Crippen molar-refractivity contribution in [3.63, 3.8) is 0 Å². The number of hydrogen-bond acceptors (Lipinski definition) is 5. The van der Waals surface area contributed by atoms with Crippen LogP contribution in [0.25, 0.3) is 0 Å². The molecule has 1 heterocycles. The Hall–Kier alpha value is -2.22. The van der Waals surface area contributed by atoms with E-state index in [0.717, 1.165) is 0 Å². The Balaban J connectivity index is 2.04. The van der Waals surface area contributed by atoms with Crippen molar-refractivity contribution < 1.29 is 22.8 Å². The minimum Gasteiger partial charge on any atom is -0.351 e. The lowest BCUT2D eigenvalue weighted by atomic mass is 10.1. The second-order valence-corrected chi connectivity index (χ2v) is 8.10. The Labute approximate surface area is 140 Å². The number of hydrogen-bond donors (Lipinski definition) is 1. The minimum absolute atomic E-state index is 0.0634. The molecule has 0 aliphatic carbocycles. The molecule has 1 atom stereocenters. The number of Topliss-reactive ketones (excluding diaryl/α,β-unsaturated/α-hetero) is 1. The van der Waals surface area contributed by atoms with Crippen LogP contribution in [0.4, 0.5) is 5.69 Å². The highest BCUT2D eigenvalue weighted by Crippen LogP contribution is 2.16. The normalized spacial score (nSPS) is 18.8. The number of sulfone groups is 1. The van der Waals surface area contributed by atoms with Gasteiger partial charge in [0, 0.05) is 24.2 Å². The van der Waals surface area contributed by atoms with Crippen LogP contribution in [-0.2, 0) is 19.4 Å². The van der Waals surface area contributed by atoms with E-state index in [1.54, 1.807) is 24.3 Å². The fourth-order valence-corrected chi connectivity index (χ4v) is 4.26. The molecule has 0 bridgehead atoms. The van der Waals surface area contributed by atoms with Crippen molar-refractivity contribution >= 4 is 33.1 Å². The van der Waals surface area contributed by atoms with Crippen LogP contribution in [0.5, 0.6) is 0 Å². The molecular weight excluding hydrogens is 332 g/mol. The van der Waals surface area contributed by atoms with E-state index in [2.05, 4.69) is 5.32 Å². The molecule has 2 rings (SSSR count). The molecule has 1 aromatic carbocycles. The fraction of sp³-hybridized carbons (Fsp3) is 0.438. The zero-order valence-electron chi connectivity index (χ0n) is 13.6. The van der Waals surface area contributed by atoms with E-state index in [0.29, 0.717) is 17.7 Å². The number of anilines is 1. The Kier molecular flexibility index (Phi) is 5.38.